The van der Waals surface area contributed by atoms with Crippen molar-refractivity contribution in [2.75, 3.05) is 51.9 Å². The first-order chi connectivity index (χ1) is 14.5. The van der Waals surface area contributed by atoms with Crippen LogP contribution in [0.5, 0.6) is 0 Å². The van der Waals surface area contributed by atoms with Crippen LogP contribution in [0.3, 0.4) is 0 Å². The van der Waals surface area contributed by atoms with Crippen molar-refractivity contribution in [3.63, 3.8) is 0 Å². The lowest BCUT2D eigenvalue weighted by Crippen LogP contribution is -2.41. The molecule has 0 aromatic heterocycles. The van der Waals surface area contributed by atoms with Crippen LogP contribution in [-0.4, -0.2) is 81.5 Å². The van der Waals surface area contributed by atoms with E-state index in [9.17, 15) is 19.2 Å². The van der Waals surface area contributed by atoms with Crippen LogP contribution in [0, 0.1) is 0 Å². The molecule has 1 aliphatic rings. The van der Waals surface area contributed by atoms with Crippen molar-refractivity contribution in [1.29, 1.82) is 0 Å². The number of ether oxygens (including phenoxy) is 2. The predicted molar refractivity (Wildman–Crippen MR) is 109 cm³/mol. The Morgan fingerprint density at radius 2 is 1.90 bits per heavy atom. The maximum Gasteiger partial charge on any atom is 0.264 e. The number of nitrogens with two attached hydrogens (primary N) is 1. The van der Waals surface area contributed by atoms with E-state index in [4.69, 9.17) is 15.2 Å². The molecule has 1 unspecified atom stereocenters. The summed E-state index contributed by atoms with van der Waals surface area (Å²) >= 11 is 0. The number of anilines is 1. The quantitative estimate of drug-likeness (QED) is 0.213. The van der Waals surface area contributed by atoms with Crippen molar-refractivity contribution in [2.45, 2.75) is 18.9 Å². The van der Waals surface area contributed by atoms with Crippen molar-refractivity contribution in [2.24, 2.45) is 5.73 Å². The lowest BCUT2D eigenvalue weighted by atomic mass is 10.1. The first-order valence-electron chi connectivity index (χ1n) is 9.81. The molecule has 1 aromatic rings. The van der Waals surface area contributed by atoms with Crippen molar-refractivity contribution in [1.82, 2.24) is 10.2 Å². The topological polar surface area (TPSA) is 140 Å². The molecule has 10 nitrogen and oxygen atoms in total. The van der Waals surface area contributed by atoms with E-state index in [0.29, 0.717) is 51.5 Å². The minimum absolute atomic E-state index is 0.0325. The minimum atomic E-state index is -1.00. The average Bonchev–Trinajstić information content (AvgIpc) is 3.01. The van der Waals surface area contributed by atoms with E-state index in [1.165, 1.54) is 7.05 Å². The first-order valence-corrected chi connectivity index (χ1v) is 9.81. The second-order valence-electron chi connectivity index (χ2n) is 6.56. The standard InChI is InChI=1S/C20H28N4O6/c1-22-17(26)6-5-14(13-25)24-19(27)15-3-2-4-16(18(15)20(24)28)23-8-10-30-12-11-29-9-7-21/h2-4,13-14,23H,5-12,21H2,1H3,(H,22,26). The Bertz CT molecular complexity index is 770. The zero-order chi connectivity index (χ0) is 21.9. The Morgan fingerprint density at radius 3 is 2.57 bits per heavy atom. The number of fused-ring (bicyclic) bond motifs is 1. The Balaban J connectivity index is 1.98. The second kappa shape index (κ2) is 12.0. The average molecular weight is 420 g/mol. The monoisotopic (exact) mass is 420 g/mol. The third kappa shape index (κ3) is 5.85. The second-order valence-corrected chi connectivity index (χ2v) is 6.56. The van der Waals surface area contributed by atoms with Crippen molar-refractivity contribution >= 4 is 29.7 Å². The first kappa shape index (κ1) is 23.5. The summed E-state index contributed by atoms with van der Waals surface area (Å²) in [7, 11) is 1.48. The zero-order valence-electron chi connectivity index (χ0n) is 17.0. The number of aldehydes is 1. The predicted octanol–water partition coefficient (Wildman–Crippen LogP) is -0.220. The van der Waals surface area contributed by atoms with Crippen LogP contribution in [0.15, 0.2) is 18.2 Å². The SMILES string of the molecule is CNC(=O)CCC(C=O)N1C(=O)c2cccc(NCCOCCOCCN)c2C1=O. The maximum absolute atomic E-state index is 12.9. The van der Waals surface area contributed by atoms with E-state index in [1.807, 2.05) is 0 Å². The number of benzene rings is 1. The number of carbonyl (C=O) groups is 4. The molecule has 164 valence electrons. The van der Waals surface area contributed by atoms with E-state index in [2.05, 4.69) is 10.6 Å². The largest absolute Gasteiger partial charge is 0.382 e. The zero-order valence-corrected chi connectivity index (χ0v) is 17.0. The van der Waals surface area contributed by atoms with Gasteiger partial charge in [0.2, 0.25) is 5.91 Å². The molecule has 0 radical (unpaired) electrons. The molecule has 1 heterocycles. The summed E-state index contributed by atoms with van der Waals surface area (Å²) in [6, 6.07) is 3.90. The Morgan fingerprint density at radius 1 is 1.17 bits per heavy atom. The summed E-state index contributed by atoms with van der Waals surface area (Å²) < 4.78 is 10.6. The molecule has 2 rings (SSSR count). The van der Waals surface area contributed by atoms with Gasteiger partial charge < -0.3 is 30.6 Å². The van der Waals surface area contributed by atoms with Crippen LogP contribution < -0.4 is 16.4 Å². The van der Waals surface area contributed by atoms with E-state index in [-0.39, 0.29) is 29.9 Å². The van der Waals surface area contributed by atoms with Crippen molar-refractivity contribution in [3.8, 4) is 0 Å². The summed E-state index contributed by atoms with van der Waals surface area (Å²) in [5.41, 5.74) is 6.27. The van der Waals surface area contributed by atoms with Crippen LogP contribution in [0.4, 0.5) is 5.69 Å². The molecule has 4 N–H and O–H groups in total. The highest BCUT2D eigenvalue weighted by atomic mass is 16.5. The van der Waals surface area contributed by atoms with Gasteiger partial charge in [0.15, 0.2) is 0 Å². The van der Waals surface area contributed by atoms with Crippen LogP contribution in [0.1, 0.15) is 33.6 Å². The Hall–Kier alpha value is -2.82. The molecule has 1 atom stereocenters. The number of hydrogen-bond acceptors (Lipinski definition) is 8. The van der Waals surface area contributed by atoms with Gasteiger partial charge in [-0.05, 0) is 18.6 Å². The molecule has 1 aliphatic heterocycles. The number of nitrogens with zero attached hydrogens (tertiary/aromatic N) is 1. The number of amides is 3. The highest BCUT2D eigenvalue weighted by Gasteiger charge is 2.41. The van der Waals surface area contributed by atoms with E-state index < -0.39 is 17.9 Å². The Kier molecular flexibility index (Phi) is 9.39. The van der Waals surface area contributed by atoms with Crippen LogP contribution >= 0.6 is 0 Å². The molecule has 0 aliphatic carbocycles. The van der Waals surface area contributed by atoms with E-state index in [1.54, 1.807) is 18.2 Å². The number of hydrogen-bond donors (Lipinski definition) is 3. The van der Waals surface area contributed by atoms with Gasteiger partial charge in [-0.3, -0.25) is 19.3 Å². The molecule has 0 saturated carbocycles. The molecule has 3 amide bonds. The lowest BCUT2D eigenvalue weighted by Gasteiger charge is -2.21. The van der Waals surface area contributed by atoms with E-state index >= 15 is 0 Å². The van der Waals surface area contributed by atoms with Gasteiger partial charge >= 0.3 is 0 Å². The van der Waals surface area contributed by atoms with Gasteiger partial charge in [0.25, 0.3) is 11.8 Å². The minimum Gasteiger partial charge on any atom is -0.382 e. The molecule has 10 heteroatoms. The fourth-order valence-electron chi connectivity index (χ4n) is 3.08. The number of rotatable bonds is 14. The van der Waals surface area contributed by atoms with Gasteiger partial charge in [0, 0.05) is 32.2 Å². The Labute approximate surface area is 175 Å². The summed E-state index contributed by atoms with van der Waals surface area (Å²) in [6.07, 6.45) is 0.626. The van der Waals surface area contributed by atoms with Crippen molar-refractivity contribution < 1.29 is 28.7 Å². The van der Waals surface area contributed by atoms with E-state index in [0.717, 1.165) is 4.90 Å². The van der Waals surface area contributed by atoms with Crippen molar-refractivity contribution in [3.05, 3.63) is 29.3 Å². The smallest absolute Gasteiger partial charge is 0.264 e. The molecular weight excluding hydrogens is 392 g/mol. The third-order valence-electron chi connectivity index (χ3n) is 4.58. The lowest BCUT2D eigenvalue weighted by molar-refractivity contribution is -0.121. The fourth-order valence-corrected chi connectivity index (χ4v) is 3.08. The number of imide groups is 1. The molecule has 1 aromatic carbocycles. The third-order valence-corrected chi connectivity index (χ3v) is 4.58. The number of nitrogens with one attached hydrogen (secondary N) is 2. The van der Waals surface area contributed by atoms with Gasteiger partial charge in [0.1, 0.15) is 6.29 Å². The van der Waals surface area contributed by atoms with Gasteiger partial charge in [-0.1, -0.05) is 6.07 Å². The normalized spacial score (nSPS) is 13.9. The molecule has 0 saturated heterocycles. The molecule has 0 fully saturated rings. The van der Waals surface area contributed by atoms with Gasteiger partial charge in [0.05, 0.1) is 43.6 Å². The van der Waals surface area contributed by atoms with Crippen LogP contribution in [-0.2, 0) is 19.1 Å². The highest BCUT2D eigenvalue weighted by molar-refractivity contribution is 6.24. The summed E-state index contributed by atoms with van der Waals surface area (Å²) in [5, 5.41) is 5.55. The maximum atomic E-state index is 12.9. The molecule has 30 heavy (non-hydrogen) atoms. The van der Waals surface area contributed by atoms with Gasteiger partial charge in [-0.25, -0.2) is 0 Å². The summed E-state index contributed by atoms with van der Waals surface area (Å²) in [6.45, 7) is 2.61. The van der Waals surface area contributed by atoms with Gasteiger partial charge in [-0.15, -0.1) is 0 Å². The molecular formula is C20H28N4O6. The summed E-state index contributed by atoms with van der Waals surface area (Å²) in [4.78, 5) is 49.6. The fraction of sp³-hybridized carbons (Fsp3) is 0.500. The highest BCUT2D eigenvalue weighted by Crippen LogP contribution is 2.31. The van der Waals surface area contributed by atoms with Crippen LogP contribution in [0.25, 0.3) is 0 Å². The number of carbonyl (C=O) groups excluding carboxylic acids is 4. The van der Waals surface area contributed by atoms with Crippen LogP contribution in [0.2, 0.25) is 0 Å². The van der Waals surface area contributed by atoms with Gasteiger partial charge in [-0.2, -0.15) is 0 Å². The molecule has 0 bridgehead atoms. The summed E-state index contributed by atoms with van der Waals surface area (Å²) in [5.74, 6) is -1.36. The molecule has 0 spiro atoms.